The largest absolute Gasteiger partial charge is 0.481 e. The Morgan fingerprint density at radius 2 is 1.92 bits per heavy atom. The first-order chi connectivity index (χ1) is 18.9. The molecule has 2 aromatic heterocycles. The summed E-state index contributed by atoms with van der Waals surface area (Å²) in [5.41, 5.74) is 9.43. The van der Waals surface area contributed by atoms with E-state index in [1.54, 1.807) is 0 Å². The zero-order chi connectivity index (χ0) is 28.0. The Hall–Kier alpha value is -3.99. The lowest BCUT2D eigenvalue weighted by atomic mass is 9.91. The Labute approximate surface area is 233 Å². The molecular weight excluding hydrogens is 482 g/mol. The zero-order valence-corrected chi connectivity index (χ0v) is 23.5. The van der Waals surface area contributed by atoms with Gasteiger partial charge >= 0.3 is 5.97 Å². The first kappa shape index (κ1) is 29.6. The predicted molar refractivity (Wildman–Crippen MR) is 162 cm³/mol. The van der Waals surface area contributed by atoms with Gasteiger partial charge in [0.25, 0.3) is 0 Å². The number of nitrogens with one attached hydrogen (secondary N) is 1. The number of carbonyl (C=O) groups is 1. The van der Waals surface area contributed by atoms with Crippen LogP contribution in [-0.4, -0.2) is 26.3 Å². The van der Waals surface area contributed by atoms with Crippen molar-refractivity contribution in [2.45, 2.75) is 72.1 Å². The Balaban J connectivity index is 1.82. The van der Waals surface area contributed by atoms with Crippen molar-refractivity contribution in [1.29, 1.82) is 0 Å². The summed E-state index contributed by atoms with van der Waals surface area (Å²) < 4.78 is 0. The molecule has 0 radical (unpaired) electrons. The number of pyridine rings is 1. The zero-order valence-electron chi connectivity index (χ0n) is 23.5. The number of H-pyrrole nitrogens is 1. The molecule has 0 amide bonds. The minimum atomic E-state index is -0.718. The maximum Gasteiger partial charge on any atom is 0.303 e. The number of nitrogens with zero attached hydrogens (tertiary/aromatic N) is 2. The average Bonchev–Trinajstić information content (AvgIpc) is 3.39. The Kier molecular flexibility index (Phi) is 11.7. The fourth-order valence-electron chi connectivity index (χ4n) is 4.67. The number of hydrogen-bond donors (Lipinski definition) is 2. The van der Waals surface area contributed by atoms with Crippen LogP contribution in [0.4, 0.5) is 0 Å². The molecule has 0 unspecified atom stereocenters. The molecule has 0 bridgehead atoms. The van der Waals surface area contributed by atoms with Gasteiger partial charge in [-0.15, -0.1) is 0 Å². The van der Waals surface area contributed by atoms with Gasteiger partial charge in [0.1, 0.15) is 5.69 Å². The minimum Gasteiger partial charge on any atom is -0.481 e. The molecule has 2 aromatic rings. The first-order valence-electron chi connectivity index (χ1n) is 13.9. The molecule has 0 aromatic carbocycles. The molecule has 0 saturated heterocycles. The van der Waals surface area contributed by atoms with E-state index in [1.165, 1.54) is 11.1 Å². The summed E-state index contributed by atoms with van der Waals surface area (Å²) in [6.07, 6.45) is 25.9. The number of aromatic amines is 1. The van der Waals surface area contributed by atoms with Crippen LogP contribution in [0.5, 0.6) is 0 Å². The Bertz CT molecular complexity index is 1330. The van der Waals surface area contributed by atoms with Crippen molar-refractivity contribution < 1.29 is 9.90 Å². The van der Waals surface area contributed by atoms with Gasteiger partial charge in [0.15, 0.2) is 0 Å². The van der Waals surface area contributed by atoms with E-state index in [0.717, 1.165) is 84.3 Å². The molecule has 5 heteroatoms. The number of carboxylic acid groups (broad SMARTS) is 1. The number of aliphatic carboxylic acids is 1. The summed E-state index contributed by atoms with van der Waals surface area (Å²) in [4.78, 5) is 15.5. The van der Waals surface area contributed by atoms with Crippen LogP contribution >= 0.6 is 0 Å². The number of aromatic nitrogens is 3. The second kappa shape index (κ2) is 15.4. The topological polar surface area (TPSA) is 78.9 Å². The van der Waals surface area contributed by atoms with Crippen LogP contribution < -0.4 is 0 Å². The van der Waals surface area contributed by atoms with Crippen LogP contribution in [0.25, 0.3) is 17.0 Å². The van der Waals surface area contributed by atoms with Crippen LogP contribution in [0.15, 0.2) is 102 Å². The summed E-state index contributed by atoms with van der Waals surface area (Å²) in [5, 5.41) is 16.4. The van der Waals surface area contributed by atoms with Gasteiger partial charge in [-0.3, -0.25) is 14.9 Å². The third-order valence-electron chi connectivity index (χ3n) is 6.72. The molecular formula is C34H41N3O2. The van der Waals surface area contributed by atoms with Gasteiger partial charge < -0.3 is 5.11 Å². The van der Waals surface area contributed by atoms with Crippen molar-refractivity contribution in [3.63, 3.8) is 0 Å². The van der Waals surface area contributed by atoms with Crippen molar-refractivity contribution in [3.8, 4) is 11.4 Å². The summed E-state index contributed by atoms with van der Waals surface area (Å²) >= 11 is 0. The van der Waals surface area contributed by atoms with Gasteiger partial charge in [0.2, 0.25) is 0 Å². The van der Waals surface area contributed by atoms with Crippen molar-refractivity contribution in [1.82, 2.24) is 15.2 Å². The fourth-order valence-corrected chi connectivity index (χ4v) is 4.67. The van der Waals surface area contributed by atoms with Crippen LogP contribution in [-0.2, 0) is 4.79 Å². The van der Waals surface area contributed by atoms with Crippen molar-refractivity contribution in [3.05, 3.63) is 113 Å². The van der Waals surface area contributed by atoms with Crippen LogP contribution in [0.3, 0.4) is 0 Å². The third kappa shape index (κ3) is 9.06. The van der Waals surface area contributed by atoms with E-state index >= 15 is 0 Å². The molecule has 1 aliphatic rings. The quantitative estimate of drug-likeness (QED) is 0.203. The highest BCUT2D eigenvalue weighted by Gasteiger charge is 2.14. The van der Waals surface area contributed by atoms with Gasteiger partial charge in [-0.1, -0.05) is 80.2 Å². The standard InChI is InChI=1S/C34H41N3O2/c1-5-7-14-27(15-8-9-19-33(38)39)21-23-28(12-6-2)30-17-11-16-29(22-20-25(30)3)31-24-35-37-34(31)32-18-10-13-26(4)36-32/h6,10-14,16-18,20,22,24H,3,5,7-9,15,19,21,23H2,1-2,4H3,(H,35,37)(H,38,39)/b12-6-,17-11+,22-20-,27-14+,29-16-,30-28+. The number of rotatable bonds is 13. The molecule has 3 rings (SSSR count). The van der Waals surface area contributed by atoms with Crippen molar-refractivity contribution in [2.75, 3.05) is 0 Å². The average molecular weight is 524 g/mol. The summed E-state index contributed by atoms with van der Waals surface area (Å²) in [7, 11) is 0. The van der Waals surface area contributed by atoms with Crippen molar-refractivity contribution >= 4 is 11.5 Å². The van der Waals surface area contributed by atoms with Gasteiger partial charge in [0, 0.05) is 23.9 Å². The lowest BCUT2D eigenvalue weighted by Crippen LogP contribution is -1.96. The van der Waals surface area contributed by atoms with E-state index in [0.29, 0.717) is 0 Å². The molecule has 2 heterocycles. The number of hydrogen-bond acceptors (Lipinski definition) is 3. The molecule has 0 fully saturated rings. The molecule has 204 valence electrons. The van der Waals surface area contributed by atoms with Gasteiger partial charge in [0.05, 0.1) is 5.69 Å². The Morgan fingerprint density at radius 1 is 1.10 bits per heavy atom. The molecule has 39 heavy (non-hydrogen) atoms. The lowest BCUT2D eigenvalue weighted by Gasteiger charge is -2.14. The van der Waals surface area contributed by atoms with E-state index in [1.807, 2.05) is 38.2 Å². The number of unbranched alkanes of at least 4 members (excludes halogenated alkanes) is 2. The summed E-state index contributed by atoms with van der Waals surface area (Å²) in [5.74, 6) is -0.718. The monoisotopic (exact) mass is 523 g/mol. The molecule has 1 aliphatic carbocycles. The van der Waals surface area contributed by atoms with Crippen molar-refractivity contribution in [2.24, 2.45) is 0 Å². The molecule has 0 atom stereocenters. The van der Waals surface area contributed by atoms with E-state index in [2.05, 4.69) is 77.3 Å². The van der Waals surface area contributed by atoms with E-state index in [9.17, 15) is 4.79 Å². The first-order valence-corrected chi connectivity index (χ1v) is 13.9. The SMILES string of the molecule is C=C1\C=C/C(c2c[nH]nc2-c2cccc(C)n2)=C/C=C/C1=C(/C=C\C)CC/C(=C/CCC)CCCCC(=O)O. The highest BCUT2D eigenvalue weighted by atomic mass is 16.4. The van der Waals surface area contributed by atoms with Gasteiger partial charge in [-0.2, -0.15) is 5.10 Å². The van der Waals surface area contributed by atoms with Gasteiger partial charge in [-0.05, 0) is 86.8 Å². The summed E-state index contributed by atoms with van der Waals surface area (Å²) in [6, 6.07) is 5.96. The Morgan fingerprint density at radius 3 is 2.67 bits per heavy atom. The second-order valence-corrected chi connectivity index (χ2v) is 9.84. The van der Waals surface area contributed by atoms with E-state index < -0.39 is 5.97 Å². The van der Waals surface area contributed by atoms with E-state index in [4.69, 9.17) is 5.11 Å². The second-order valence-electron chi connectivity index (χ2n) is 9.84. The maximum atomic E-state index is 10.9. The molecule has 2 N–H and O–H groups in total. The molecule has 5 nitrogen and oxygen atoms in total. The van der Waals surface area contributed by atoms with E-state index in [-0.39, 0.29) is 6.42 Å². The third-order valence-corrected chi connectivity index (χ3v) is 6.72. The molecule has 0 aliphatic heterocycles. The van der Waals surface area contributed by atoms with Crippen LogP contribution in [0, 0.1) is 6.92 Å². The summed E-state index contributed by atoms with van der Waals surface area (Å²) in [6.45, 7) is 10.6. The normalized spacial score (nSPS) is 18.4. The minimum absolute atomic E-state index is 0.239. The fraction of sp³-hybridized carbons (Fsp3) is 0.324. The van der Waals surface area contributed by atoms with Gasteiger partial charge in [-0.25, -0.2) is 0 Å². The lowest BCUT2D eigenvalue weighted by molar-refractivity contribution is -0.137. The highest BCUT2D eigenvalue weighted by Crippen LogP contribution is 2.31. The maximum absolute atomic E-state index is 10.9. The molecule has 0 saturated carbocycles. The van der Waals surface area contributed by atoms with Crippen LogP contribution in [0.2, 0.25) is 0 Å². The highest BCUT2D eigenvalue weighted by molar-refractivity contribution is 5.84. The smallest absolute Gasteiger partial charge is 0.303 e. The number of carboxylic acids is 1. The number of aryl methyl sites for hydroxylation is 1. The predicted octanol–water partition coefficient (Wildman–Crippen LogP) is 8.87. The number of allylic oxidation sites excluding steroid dienone is 13. The van der Waals surface area contributed by atoms with Crippen LogP contribution in [0.1, 0.15) is 76.5 Å². The molecule has 0 spiro atoms.